The van der Waals surface area contributed by atoms with Gasteiger partial charge < -0.3 is 16.0 Å². The molecule has 1 spiro atoms. The number of anilines is 1. The summed E-state index contributed by atoms with van der Waals surface area (Å²) in [5, 5.41) is 9.75. The van der Waals surface area contributed by atoms with Crippen LogP contribution in [0.4, 0.5) is 5.82 Å². The van der Waals surface area contributed by atoms with Crippen LogP contribution in [0.2, 0.25) is 0 Å². The van der Waals surface area contributed by atoms with E-state index in [0.29, 0.717) is 18.5 Å². The molecule has 24 heavy (non-hydrogen) atoms. The normalized spacial score (nSPS) is 23.3. The Labute approximate surface area is 144 Å². The second-order valence-corrected chi connectivity index (χ2v) is 7.32. The Kier molecular flexibility index (Phi) is 5.36. The first-order chi connectivity index (χ1) is 11.6. The number of pyridine rings is 1. The van der Waals surface area contributed by atoms with Gasteiger partial charge in [-0.05, 0) is 69.4 Å². The van der Waals surface area contributed by atoms with E-state index in [0.717, 1.165) is 31.9 Å². The first kappa shape index (κ1) is 17.2. The molecule has 0 aliphatic carbocycles. The second-order valence-electron chi connectivity index (χ2n) is 7.32. The van der Waals surface area contributed by atoms with Gasteiger partial charge >= 0.3 is 0 Å². The van der Waals surface area contributed by atoms with E-state index in [-0.39, 0.29) is 11.9 Å². The Morgan fingerprint density at radius 2 is 2.21 bits per heavy atom. The lowest BCUT2D eigenvalue weighted by Crippen LogP contribution is -2.42. The van der Waals surface area contributed by atoms with Crippen molar-refractivity contribution in [2.75, 3.05) is 45.1 Å². The fraction of sp³-hybridized carbons (Fsp3) is 0.667. The van der Waals surface area contributed by atoms with Crippen LogP contribution in [0.5, 0.6) is 0 Å². The number of aryl methyl sites for hydroxylation is 1. The van der Waals surface area contributed by atoms with Gasteiger partial charge in [0, 0.05) is 25.8 Å². The quantitative estimate of drug-likeness (QED) is 0.702. The third-order valence-electron chi connectivity index (χ3n) is 5.36. The highest BCUT2D eigenvalue weighted by atomic mass is 16.2. The maximum atomic E-state index is 12.5. The number of likely N-dealkylation sites (N-methyl/N-ethyl adjacent to an activating group) is 1. The minimum atomic E-state index is 0.0141. The lowest BCUT2D eigenvalue weighted by Gasteiger charge is -2.33. The van der Waals surface area contributed by atoms with Crippen molar-refractivity contribution >= 4 is 11.7 Å². The second kappa shape index (κ2) is 7.49. The highest BCUT2D eigenvalue weighted by Gasteiger charge is 2.45. The van der Waals surface area contributed by atoms with E-state index in [4.69, 9.17) is 0 Å². The highest BCUT2D eigenvalue weighted by molar-refractivity contribution is 5.82. The molecule has 0 radical (unpaired) electrons. The largest absolute Gasteiger partial charge is 0.368 e. The lowest BCUT2D eigenvalue weighted by atomic mass is 9.77. The van der Waals surface area contributed by atoms with E-state index < -0.39 is 0 Å². The van der Waals surface area contributed by atoms with Crippen LogP contribution in [0.3, 0.4) is 0 Å². The third-order valence-corrected chi connectivity index (χ3v) is 5.36. The molecule has 3 N–H and O–H groups in total. The first-order valence-electron chi connectivity index (χ1n) is 8.93. The molecular weight excluding hydrogens is 302 g/mol. The van der Waals surface area contributed by atoms with Crippen molar-refractivity contribution in [3.8, 4) is 0 Å². The van der Waals surface area contributed by atoms with Crippen molar-refractivity contribution in [2.45, 2.75) is 32.2 Å². The molecule has 1 atom stereocenters. The lowest BCUT2D eigenvalue weighted by molar-refractivity contribution is -0.125. The maximum Gasteiger partial charge on any atom is 0.237 e. The molecule has 6 heteroatoms. The number of carbonyl (C=O) groups is 1. The summed E-state index contributed by atoms with van der Waals surface area (Å²) >= 11 is 0. The Morgan fingerprint density at radius 1 is 1.42 bits per heavy atom. The van der Waals surface area contributed by atoms with Gasteiger partial charge in [-0.3, -0.25) is 9.69 Å². The number of nitrogens with zero attached hydrogens (tertiary/aromatic N) is 2. The topological polar surface area (TPSA) is 69.3 Å². The van der Waals surface area contributed by atoms with Crippen LogP contribution in [-0.2, 0) is 4.79 Å². The molecule has 2 aliphatic heterocycles. The Balaban J connectivity index is 1.43. The molecule has 0 aromatic carbocycles. The Morgan fingerprint density at radius 3 is 2.96 bits per heavy atom. The zero-order chi connectivity index (χ0) is 17.0. The van der Waals surface area contributed by atoms with Gasteiger partial charge in [-0.1, -0.05) is 0 Å². The fourth-order valence-electron chi connectivity index (χ4n) is 4.01. The van der Waals surface area contributed by atoms with Crippen molar-refractivity contribution in [3.05, 3.63) is 23.9 Å². The van der Waals surface area contributed by atoms with Gasteiger partial charge in [-0.25, -0.2) is 4.98 Å². The number of likely N-dealkylation sites (tertiary alicyclic amines) is 1. The minimum absolute atomic E-state index is 0.0141. The van der Waals surface area contributed by atoms with Gasteiger partial charge in [0.1, 0.15) is 5.82 Å². The number of rotatable bonds is 5. The summed E-state index contributed by atoms with van der Waals surface area (Å²) in [6, 6.07) is 3.99. The monoisotopic (exact) mass is 331 g/mol. The van der Waals surface area contributed by atoms with E-state index in [1.54, 1.807) is 6.20 Å². The number of hydrogen-bond donors (Lipinski definition) is 3. The Hall–Kier alpha value is -1.66. The van der Waals surface area contributed by atoms with Crippen LogP contribution in [0.25, 0.3) is 0 Å². The molecule has 3 rings (SSSR count). The van der Waals surface area contributed by atoms with Crippen molar-refractivity contribution in [2.24, 2.45) is 5.41 Å². The number of nitrogens with one attached hydrogen (secondary N) is 3. The van der Waals surface area contributed by atoms with Gasteiger partial charge in [0.25, 0.3) is 0 Å². The van der Waals surface area contributed by atoms with Crippen molar-refractivity contribution in [3.63, 3.8) is 0 Å². The van der Waals surface area contributed by atoms with Crippen LogP contribution in [0.1, 0.15) is 24.8 Å². The summed E-state index contributed by atoms with van der Waals surface area (Å²) in [7, 11) is 2.08. The predicted molar refractivity (Wildman–Crippen MR) is 96.0 cm³/mol. The predicted octanol–water partition coefficient (Wildman–Crippen LogP) is 0.992. The number of piperidine rings is 1. The summed E-state index contributed by atoms with van der Waals surface area (Å²) < 4.78 is 0. The molecule has 2 aliphatic rings. The SMILES string of the molecule is Cc1ccnc(NCCNC(=O)[C@H]2CC3(CCNCC3)CN2C)c1. The molecule has 1 amide bonds. The van der Waals surface area contributed by atoms with Crippen molar-refractivity contribution in [1.29, 1.82) is 0 Å². The average molecular weight is 331 g/mol. The summed E-state index contributed by atoms with van der Waals surface area (Å²) in [6.45, 7) is 6.55. The Bertz CT molecular complexity index is 570. The molecular formula is C18H29N5O. The number of carbonyl (C=O) groups excluding carboxylic acids is 1. The molecule has 0 bridgehead atoms. The summed E-state index contributed by atoms with van der Waals surface area (Å²) in [6.07, 6.45) is 5.15. The molecule has 6 nitrogen and oxygen atoms in total. The fourth-order valence-corrected chi connectivity index (χ4v) is 4.01. The molecule has 1 aromatic heterocycles. The van der Waals surface area contributed by atoms with E-state index in [9.17, 15) is 4.79 Å². The zero-order valence-electron chi connectivity index (χ0n) is 14.8. The molecule has 1 aromatic rings. The third kappa shape index (κ3) is 4.05. The number of hydrogen-bond acceptors (Lipinski definition) is 5. The molecule has 2 saturated heterocycles. The van der Waals surface area contributed by atoms with Gasteiger partial charge in [-0.2, -0.15) is 0 Å². The van der Waals surface area contributed by atoms with Gasteiger partial charge in [0.05, 0.1) is 6.04 Å². The maximum absolute atomic E-state index is 12.5. The molecule has 2 fully saturated rings. The number of aromatic nitrogens is 1. The van der Waals surface area contributed by atoms with E-state index in [1.165, 1.54) is 18.4 Å². The standard InChI is InChI=1S/C18H29N5O/c1-14-3-6-20-16(11-14)21-9-10-22-17(24)15-12-18(13-23(15)2)4-7-19-8-5-18/h3,6,11,15,19H,4-5,7-10,12-13H2,1-2H3,(H,20,21)(H,22,24)/t15-/m1/s1. The van der Waals surface area contributed by atoms with Crippen LogP contribution in [0, 0.1) is 12.3 Å². The molecule has 0 saturated carbocycles. The van der Waals surface area contributed by atoms with Crippen LogP contribution >= 0.6 is 0 Å². The van der Waals surface area contributed by atoms with Crippen LogP contribution in [0.15, 0.2) is 18.3 Å². The minimum Gasteiger partial charge on any atom is -0.368 e. The van der Waals surface area contributed by atoms with Crippen LogP contribution in [-0.4, -0.2) is 61.6 Å². The first-order valence-corrected chi connectivity index (χ1v) is 8.93. The smallest absolute Gasteiger partial charge is 0.237 e. The van der Waals surface area contributed by atoms with E-state index >= 15 is 0 Å². The van der Waals surface area contributed by atoms with E-state index in [1.807, 2.05) is 19.1 Å². The summed E-state index contributed by atoms with van der Waals surface area (Å²) in [5.41, 5.74) is 1.52. The van der Waals surface area contributed by atoms with Gasteiger partial charge in [0.15, 0.2) is 0 Å². The van der Waals surface area contributed by atoms with Crippen molar-refractivity contribution in [1.82, 2.24) is 20.5 Å². The van der Waals surface area contributed by atoms with E-state index in [2.05, 4.69) is 32.9 Å². The molecule has 3 heterocycles. The number of amides is 1. The summed E-state index contributed by atoms with van der Waals surface area (Å²) in [5.74, 6) is 1.02. The molecule has 0 unspecified atom stereocenters. The summed E-state index contributed by atoms with van der Waals surface area (Å²) in [4.78, 5) is 19.0. The average Bonchev–Trinajstić information content (AvgIpc) is 2.88. The van der Waals surface area contributed by atoms with Gasteiger partial charge in [-0.15, -0.1) is 0 Å². The molecule has 132 valence electrons. The van der Waals surface area contributed by atoms with Crippen LogP contribution < -0.4 is 16.0 Å². The van der Waals surface area contributed by atoms with Crippen molar-refractivity contribution < 1.29 is 4.79 Å². The highest BCUT2D eigenvalue weighted by Crippen LogP contribution is 2.41. The van der Waals surface area contributed by atoms with Gasteiger partial charge in [0.2, 0.25) is 5.91 Å². The zero-order valence-corrected chi connectivity index (χ0v) is 14.8.